The molecular formula is C24H24FNO4. The summed E-state index contributed by atoms with van der Waals surface area (Å²) in [6, 6.07) is 13.6. The molecule has 0 unspecified atom stereocenters. The molecule has 30 heavy (non-hydrogen) atoms. The van der Waals surface area contributed by atoms with Gasteiger partial charge in [0, 0.05) is 12.1 Å². The van der Waals surface area contributed by atoms with Gasteiger partial charge in [-0.2, -0.15) is 0 Å². The highest BCUT2D eigenvalue weighted by molar-refractivity contribution is 5.94. The maximum Gasteiger partial charge on any atom is 0.306 e. The number of nitrogens with one attached hydrogen (secondary N) is 1. The summed E-state index contributed by atoms with van der Waals surface area (Å²) in [7, 11) is 0. The molecule has 0 atom stereocenters. The standard InChI is InChI=1S/C24H24FNO4/c1-15-12-16(2)24(17(3)13-15)26-22(27)14-29-23(28)11-9-18-8-10-21(30-18)19-6-4-5-7-20(19)25/h4-8,10,12-13H,9,11,14H2,1-3H3,(H,26,27). The van der Waals surface area contributed by atoms with E-state index in [-0.39, 0.29) is 18.8 Å². The van der Waals surface area contributed by atoms with E-state index < -0.39 is 11.9 Å². The Labute approximate surface area is 174 Å². The van der Waals surface area contributed by atoms with Crippen LogP contribution in [0, 0.1) is 26.6 Å². The first kappa shape index (κ1) is 21.3. The number of aryl methyl sites for hydroxylation is 4. The zero-order valence-electron chi connectivity index (χ0n) is 17.3. The maximum atomic E-state index is 13.8. The molecule has 0 aliphatic rings. The number of hydrogen-bond acceptors (Lipinski definition) is 4. The Morgan fingerprint density at radius 2 is 1.73 bits per heavy atom. The molecular weight excluding hydrogens is 385 g/mol. The van der Waals surface area contributed by atoms with Gasteiger partial charge in [0.25, 0.3) is 5.91 Å². The van der Waals surface area contributed by atoms with Crippen molar-refractivity contribution in [3.8, 4) is 11.3 Å². The van der Waals surface area contributed by atoms with Crippen LogP contribution in [0.2, 0.25) is 0 Å². The number of amides is 1. The highest BCUT2D eigenvalue weighted by atomic mass is 19.1. The van der Waals surface area contributed by atoms with E-state index in [2.05, 4.69) is 5.32 Å². The van der Waals surface area contributed by atoms with E-state index in [4.69, 9.17) is 9.15 Å². The van der Waals surface area contributed by atoms with Crippen molar-refractivity contribution < 1.29 is 23.1 Å². The maximum absolute atomic E-state index is 13.8. The fraction of sp³-hybridized carbons (Fsp3) is 0.250. The first-order chi connectivity index (χ1) is 14.3. The van der Waals surface area contributed by atoms with Crippen LogP contribution in [0.1, 0.15) is 28.9 Å². The second kappa shape index (κ2) is 9.39. The van der Waals surface area contributed by atoms with E-state index >= 15 is 0 Å². The minimum absolute atomic E-state index is 0.0556. The zero-order chi connectivity index (χ0) is 21.7. The largest absolute Gasteiger partial charge is 0.461 e. The summed E-state index contributed by atoms with van der Waals surface area (Å²) in [5.74, 6) is -0.326. The Morgan fingerprint density at radius 3 is 2.43 bits per heavy atom. The molecule has 0 aliphatic carbocycles. The third-order valence-corrected chi connectivity index (χ3v) is 4.68. The fourth-order valence-corrected chi connectivity index (χ4v) is 3.31. The van der Waals surface area contributed by atoms with E-state index in [1.54, 1.807) is 30.3 Å². The molecule has 1 aromatic heterocycles. The van der Waals surface area contributed by atoms with Crippen LogP contribution in [0.15, 0.2) is 52.9 Å². The number of esters is 1. The number of ether oxygens (including phenoxy) is 1. The van der Waals surface area contributed by atoms with Gasteiger partial charge < -0.3 is 14.5 Å². The Kier molecular flexibility index (Phi) is 6.67. The van der Waals surface area contributed by atoms with Crippen molar-refractivity contribution in [3.63, 3.8) is 0 Å². The van der Waals surface area contributed by atoms with Crippen LogP contribution in [0.25, 0.3) is 11.3 Å². The van der Waals surface area contributed by atoms with Gasteiger partial charge in [0.1, 0.15) is 17.3 Å². The number of anilines is 1. The molecule has 156 valence electrons. The lowest BCUT2D eigenvalue weighted by Gasteiger charge is -2.13. The van der Waals surface area contributed by atoms with Gasteiger partial charge in [0.15, 0.2) is 6.61 Å². The molecule has 0 radical (unpaired) electrons. The molecule has 2 aromatic carbocycles. The van der Waals surface area contributed by atoms with Crippen LogP contribution in [-0.4, -0.2) is 18.5 Å². The van der Waals surface area contributed by atoms with E-state index in [1.165, 1.54) is 6.07 Å². The summed E-state index contributed by atoms with van der Waals surface area (Å²) in [5.41, 5.74) is 4.12. The molecule has 1 amide bonds. The van der Waals surface area contributed by atoms with Gasteiger partial charge >= 0.3 is 5.97 Å². The van der Waals surface area contributed by atoms with E-state index in [1.807, 2.05) is 32.9 Å². The lowest BCUT2D eigenvalue weighted by Crippen LogP contribution is -2.22. The number of furan rings is 1. The van der Waals surface area contributed by atoms with Gasteiger partial charge in [-0.05, 0) is 56.2 Å². The topological polar surface area (TPSA) is 68.5 Å². The fourth-order valence-electron chi connectivity index (χ4n) is 3.31. The van der Waals surface area contributed by atoms with Crippen molar-refractivity contribution in [1.29, 1.82) is 0 Å². The van der Waals surface area contributed by atoms with Crippen LogP contribution in [0.3, 0.4) is 0 Å². The Hall–Kier alpha value is -3.41. The smallest absolute Gasteiger partial charge is 0.306 e. The van der Waals surface area contributed by atoms with Crippen LogP contribution >= 0.6 is 0 Å². The van der Waals surface area contributed by atoms with Crippen molar-refractivity contribution >= 4 is 17.6 Å². The highest BCUT2D eigenvalue weighted by Gasteiger charge is 2.13. The monoisotopic (exact) mass is 409 g/mol. The Morgan fingerprint density at radius 1 is 1.03 bits per heavy atom. The summed E-state index contributed by atoms with van der Waals surface area (Å²) in [4.78, 5) is 24.1. The van der Waals surface area contributed by atoms with Crippen LogP contribution in [-0.2, 0) is 20.7 Å². The van der Waals surface area contributed by atoms with Gasteiger partial charge in [-0.25, -0.2) is 4.39 Å². The molecule has 0 fully saturated rings. The van der Waals surface area contributed by atoms with Crippen LogP contribution in [0.5, 0.6) is 0 Å². The van der Waals surface area contributed by atoms with E-state index in [0.29, 0.717) is 23.5 Å². The summed E-state index contributed by atoms with van der Waals surface area (Å²) in [6.07, 6.45) is 0.352. The van der Waals surface area contributed by atoms with E-state index in [9.17, 15) is 14.0 Å². The first-order valence-electron chi connectivity index (χ1n) is 9.70. The minimum atomic E-state index is -0.508. The van der Waals surface area contributed by atoms with Crippen molar-refractivity contribution in [2.45, 2.75) is 33.6 Å². The lowest BCUT2D eigenvalue weighted by molar-refractivity contribution is -0.147. The van der Waals surface area contributed by atoms with Gasteiger partial charge in [0.2, 0.25) is 0 Å². The third kappa shape index (κ3) is 5.35. The first-order valence-corrected chi connectivity index (χ1v) is 9.70. The van der Waals surface area contributed by atoms with Crippen molar-refractivity contribution in [1.82, 2.24) is 0 Å². The average Bonchev–Trinajstić information content (AvgIpc) is 3.16. The van der Waals surface area contributed by atoms with Crippen LogP contribution in [0.4, 0.5) is 10.1 Å². The molecule has 0 saturated carbocycles. The van der Waals surface area contributed by atoms with Crippen LogP contribution < -0.4 is 5.32 Å². The predicted octanol–water partition coefficient (Wildman–Crippen LogP) is 5.13. The molecule has 5 nitrogen and oxygen atoms in total. The quantitative estimate of drug-likeness (QED) is 0.550. The normalized spacial score (nSPS) is 10.7. The summed E-state index contributed by atoms with van der Waals surface area (Å²) >= 11 is 0. The van der Waals surface area contributed by atoms with Gasteiger partial charge in [-0.1, -0.05) is 29.8 Å². The lowest BCUT2D eigenvalue weighted by atomic mass is 10.1. The highest BCUT2D eigenvalue weighted by Crippen LogP contribution is 2.25. The number of rotatable bonds is 7. The molecule has 3 aromatic rings. The molecule has 3 rings (SSSR count). The second-order valence-electron chi connectivity index (χ2n) is 7.23. The number of carbonyl (C=O) groups excluding carboxylic acids is 2. The summed E-state index contributed by atoms with van der Waals surface area (Å²) < 4.78 is 24.5. The van der Waals surface area contributed by atoms with E-state index in [0.717, 1.165) is 22.4 Å². The van der Waals surface area contributed by atoms with Crippen molar-refractivity contribution in [3.05, 3.63) is 76.8 Å². The third-order valence-electron chi connectivity index (χ3n) is 4.68. The van der Waals surface area contributed by atoms with Gasteiger partial charge in [-0.3, -0.25) is 9.59 Å². The van der Waals surface area contributed by atoms with Gasteiger partial charge in [0.05, 0.1) is 12.0 Å². The van der Waals surface area contributed by atoms with Crippen molar-refractivity contribution in [2.75, 3.05) is 11.9 Å². The minimum Gasteiger partial charge on any atom is -0.461 e. The number of carbonyl (C=O) groups is 2. The predicted molar refractivity (Wildman–Crippen MR) is 113 cm³/mol. The molecule has 0 bridgehead atoms. The molecule has 1 N–H and O–H groups in total. The summed E-state index contributed by atoms with van der Waals surface area (Å²) in [5, 5.41) is 2.79. The van der Waals surface area contributed by atoms with Crippen molar-refractivity contribution in [2.24, 2.45) is 0 Å². The molecule has 0 aliphatic heterocycles. The Bertz CT molecular complexity index is 1050. The zero-order valence-corrected chi connectivity index (χ0v) is 17.3. The molecule has 0 spiro atoms. The SMILES string of the molecule is Cc1cc(C)c(NC(=O)COC(=O)CCc2ccc(-c3ccccc3F)o2)c(C)c1. The molecule has 0 saturated heterocycles. The second-order valence-corrected chi connectivity index (χ2v) is 7.23. The average molecular weight is 409 g/mol. The molecule has 6 heteroatoms. The molecule has 1 heterocycles. The Balaban J connectivity index is 1.48. The number of hydrogen-bond donors (Lipinski definition) is 1. The summed E-state index contributed by atoms with van der Waals surface area (Å²) in [6.45, 7) is 5.47. The number of halogens is 1. The van der Waals surface area contributed by atoms with Gasteiger partial charge in [-0.15, -0.1) is 0 Å². The number of benzene rings is 2.